The van der Waals surface area contributed by atoms with Crippen LogP contribution < -0.4 is 4.74 Å². The summed E-state index contributed by atoms with van der Waals surface area (Å²) < 4.78 is 26.7. The first-order chi connectivity index (χ1) is 10.1. The van der Waals surface area contributed by atoms with Gasteiger partial charge in [0.1, 0.15) is 0 Å². The summed E-state index contributed by atoms with van der Waals surface area (Å²) in [5, 5.41) is 0. The fourth-order valence-electron chi connectivity index (χ4n) is 2.79. The van der Waals surface area contributed by atoms with Gasteiger partial charge < -0.3 is 19.0 Å². The number of nitrogens with zero attached hydrogens (tertiary/aromatic N) is 1. The lowest BCUT2D eigenvalue weighted by Gasteiger charge is -2.16. The summed E-state index contributed by atoms with van der Waals surface area (Å²) in [5.41, 5.74) is 1.87. The maximum Gasteiger partial charge on any atom is 0.178 e. The van der Waals surface area contributed by atoms with Crippen molar-refractivity contribution in [2.75, 3.05) is 20.8 Å². The van der Waals surface area contributed by atoms with Gasteiger partial charge in [0, 0.05) is 32.4 Å². The highest BCUT2D eigenvalue weighted by Gasteiger charge is 2.42. The summed E-state index contributed by atoms with van der Waals surface area (Å²) in [7, 11) is 3.19. The Kier molecular flexibility index (Phi) is 3.75. The van der Waals surface area contributed by atoms with Crippen LogP contribution in [0.5, 0.6) is 5.75 Å². The molecule has 0 spiro atoms. The van der Waals surface area contributed by atoms with Crippen LogP contribution in [0.25, 0.3) is 11.0 Å². The maximum absolute atomic E-state index is 13.8. The Morgan fingerprint density at radius 2 is 2.14 bits per heavy atom. The number of hydrogen-bond acceptors (Lipinski definition) is 3. The number of rotatable bonds is 6. The molecule has 0 radical (unpaired) electrons. The monoisotopic (exact) mass is 310 g/mol. The van der Waals surface area contributed by atoms with Crippen molar-refractivity contribution in [3.8, 4) is 5.75 Å². The summed E-state index contributed by atoms with van der Waals surface area (Å²) >= 11 is 5.40. The van der Waals surface area contributed by atoms with E-state index in [1.807, 2.05) is 0 Å². The third-order valence-electron chi connectivity index (χ3n) is 4.33. The molecule has 1 heterocycles. The number of aromatic nitrogens is 2. The second-order valence-corrected chi connectivity index (χ2v) is 6.15. The molecule has 1 saturated carbocycles. The topological polar surface area (TPSA) is 39.2 Å². The lowest BCUT2D eigenvalue weighted by Crippen LogP contribution is -2.14. The molecule has 1 aromatic carbocycles. The molecular weight excluding hydrogens is 291 g/mol. The van der Waals surface area contributed by atoms with Gasteiger partial charge in [0.25, 0.3) is 0 Å². The SMILES string of the molecule is COCCC1(Cn2c(=S)[nH]c3cc(F)c(OC)cc32)CC1. The minimum atomic E-state index is -0.381. The Hall–Kier alpha value is -1.40. The minimum absolute atomic E-state index is 0.243. The summed E-state index contributed by atoms with van der Waals surface area (Å²) in [6.07, 6.45) is 3.39. The molecule has 1 aliphatic rings. The Labute approximate surface area is 127 Å². The highest BCUT2D eigenvalue weighted by molar-refractivity contribution is 7.71. The number of halogens is 1. The average molecular weight is 310 g/mol. The third kappa shape index (κ3) is 2.70. The van der Waals surface area contributed by atoms with Crippen molar-refractivity contribution in [1.82, 2.24) is 9.55 Å². The lowest BCUT2D eigenvalue weighted by molar-refractivity contribution is 0.167. The molecule has 114 valence electrons. The smallest absolute Gasteiger partial charge is 0.178 e. The van der Waals surface area contributed by atoms with Gasteiger partial charge in [-0.05, 0) is 36.9 Å². The van der Waals surface area contributed by atoms with Crippen molar-refractivity contribution in [2.45, 2.75) is 25.8 Å². The summed E-state index contributed by atoms with van der Waals surface area (Å²) in [4.78, 5) is 3.08. The van der Waals surface area contributed by atoms with Crippen LogP contribution in [0.15, 0.2) is 12.1 Å². The Balaban J connectivity index is 1.98. The molecule has 1 N–H and O–H groups in total. The van der Waals surface area contributed by atoms with Crippen LogP contribution in [0.3, 0.4) is 0 Å². The number of H-pyrrole nitrogens is 1. The van der Waals surface area contributed by atoms with Gasteiger partial charge in [-0.2, -0.15) is 0 Å². The van der Waals surface area contributed by atoms with E-state index in [0.717, 1.165) is 25.1 Å². The predicted octanol–water partition coefficient (Wildman–Crippen LogP) is 3.66. The van der Waals surface area contributed by atoms with Crippen LogP contribution in [0.4, 0.5) is 4.39 Å². The molecule has 0 bridgehead atoms. The molecule has 0 unspecified atom stereocenters. The van der Waals surface area contributed by atoms with Crippen LogP contribution in [0.1, 0.15) is 19.3 Å². The second-order valence-electron chi connectivity index (χ2n) is 5.76. The van der Waals surface area contributed by atoms with Gasteiger partial charge in [-0.15, -0.1) is 0 Å². The first-order valence-electron chi connectivity index (χ1n) is 7.03. The molecule has 21 heavy (non-hydrogen) atoms. The number of hydrogen-bond donors (Lipinski definition) is 1. The molecule has 1 aromatic heterocycles. The van der Waals surface area contributed by atoms with Crippen LogP contribution in [-0.2, 0) is 11.3 Å². The Bertz CT molecular complexity index is 718. The minimum Gasteiger partial charge on any atom is -0.494 e. The van der Waals surface area contributed by atoms with Crippen molar-refractivity contribution < 1.29 is 13.9 Å². The molecule has 1 fully saturated rings. The largest absolute Gasteiger partial charge is 0.494 e. The van der Waals surface area contributed by atoms with Crippen molar-refractivity contribution >= 4 is 23.3 Å². The van der Waals surface area contributed by atoms with Crippen LogP contribution in [0.2, 0.25) is 0 Å². The molecule has 0 atom stereocenters. The van der Waals surface area contributed by atoms with E-state index in [1.54, 1.807) is 13.2 Å². The maximum atomic E-state index is 13.8. The normalized spacial score (nSPS) is 16.3. The van der Waals surface area contributed by atoms with Gasteiger partial charge in [-0.3, -0.25) is 0 Å². The van der Waals surface area contributed by atoms with Gasteiger partial charge in [0.15, 0.2) is 16.3 Å². The second kappa shape index (κ2) is 5.42. The number of ether oxygens (including phenoxy) is 2. The van der Waals surface area contributed by atoms with Gasteiger partial charge >= 0.3 is 0 Å². The number of nitrogens with one attached hydrogen (secondary N) is 1. The number of methoxy groups -OCH3 is 2. The van der Waals surface area contributed by atoms with Gasteiger partial charge in [-0.25, -0.2) is 4.39 Å². The van der Waals surface area contributed by atoms with Crippen LogP contribution >= 0.6 is 12.2 Å². The molecule has 0 aliphatic heterocycles. The summed E-state index contributed by atoms with van der Waals surface area (Å²) in [5.74, 6) is -0.138. The number of imidazole rings is 1. The van der Waals surface area contributed by atoms with Gasteiger partial charge in [0.2, 0.25) is 0 Å². The number of aromatic amines is 1. The quantitative estimate of drug-likeness (QED) is 0.828. The fraction of sp³-hybridized carbons (Fsp3) is 0.533. The van der Waals surface area contributed by atoms with E-state index in [9.17, 15) is 4.39 Å². The molecular formula is C15H19FN2O2S. The standard InChI is InChI=1S/C15H19FN2O2S/c1-19-6-5-15(3-4-15)9-18-12-8-13(20-2)10(16)7-11(12)17-14(18)21/h7-8H,3-6,9H2,1-2H3,(H,17,21). The van der Waals surface area contributed by atoms with E-state index in [1.165, 1.54) is 26.0 Å². The van der Waals surface area contributed by atoms with Gasteiger partial charge in [0.05, 0.1) is 18.1 Å². The van der Waals surface area contributed by atoms with E-state index >= 15 is 0 Å². The molecule has 4 nitrogen and oxygen atoms in total. The zero-order valence-corrected chi connectivity index (χ0v) is 13.1. The van der Waals surface area contributed by atoms with Crippen LogP contribution in [-0.4, -0.2) is 30.4 Å². The molecule has 0 saturated heterocycles. The van der Waals surface area contributed by atoms with E-state index < -0.39 is 0 Å². The summed E-state index contributed by atoms with van der Waals surface area (Å²) in [6, 6.07) is 3.15. The number of benzene rings is 1. The van der Waals surface area contributed by atoms with E-state index in [4.69, 9.17) is 21.7 Å². The molecule has 0 amide bonds. The summed E-state index contributed by atoms with van der Waals surface area (Å²) in [6.45, 7) is 1.59. The fourth-order valence-corrected chi connectivity index (χ4v) is 3.06. The third-order valence-corrected chi connectivity index (χ3v) is 4.66. The number of fused-ring (bicyclic) bond motifs is 1. The zero-order chi connectivity index (χ0) is 15.0. The highest BCUT2D eigenvalue weighted by Crippen LogP contribution is 2.50. The highest BCUT2D eigenvalue weighted by atomic mass is 32.1. The Morgan fingerprint density at radius 1 is 1.38 bits per heavy atom. The van der Waals surface area contributed by atoms with Crippen molar-refractivity contribution in [2.24, 2.45) is 5.41 Å². The van der Waals surface area contributed by atoms with Crippen molar-refractivity contribution in [1.29, 1.82) is 0 Å². The first kappa shape index (κ1) is 14.5. The van der Waals surface area contributed by atoms with Crippen molar-refractivity contribution in [3.05, 3.63) is 22.7 Å². The zero-order valence-electron chi connectivity index (χ0n) is 12.2. The predicted molar refractivity (Wildman–Crippen MR) is 81.8 cm³/mol. The lowest BCUT2D eigenvalue weighted by atomic mass is 10.0. The molecule has 6 heteroatoms. The van der Waals surface area contributed by atoms with Crippen molar-refractivity contribution in [3.63, 3.8) is 0 Å². The van der Waals surface area contributed by atoms with Gasteiger partial charge in [-0.1, -0.05) is 0 Å². The first-order valence-corrected chi connectivity index (χ1v) is 7.44. The average Bonchev–Trinajstić information content (AvgIpc) is 3.17. The van der Waals surface area contributed by atoms with E-state index in [0.29, 0.717) is 10.3 Å². The molecule has 2 aromatic rings. The van der Waals surface area contributed by atoms with Crippen LogP contribution in [0, 0.1) is 16.0 Å². The molecule has 3 rings (SSSR count). The molecule has 1 aliphatic carbocycles. The Morgan fingerprint density at radius 3 is 2.76 bits per heavy atom. The van der Waals surface area contributed by atoms with E-state index in [-0.39, 0.29) is 17.0 Å². The van der Waals surface area contributed by atoms with E-state index in [2.05, 4.69) is 9.55 Å².